The van der Waals surface area contributed by atoms with Gasteiger partial charge in [-0.2, -0.15) is 4.31 Å². The number of esters is 1. The van der Waals surface area contributed by atoms with E-state index in [1.807, 2.05) is 0 Å². The van der Waals surface area contributed by atoms with Crippen molar-refractivity contribution in [1.29, 1.82) is 0 Å². The number of benzene rings is 2. The van der Waals surface area contributed by atoms with E-state index in [4.69, 9.17) is 19.4 Å². The summed E-state index contributed by atoms with van der Waals surface area (Å²) < 4.78 is 35.1. The first-order chi connectivity index (χ1) is 14.5. The average molecular weight is 470 g/mol. The van der Waals surface area contributed by atoms with E-state index in [0.29, 0.717) is 16.7 Å². The van der Waals surface area contributed by atoms with Crippen LogP contribution in [0.15, 0.2) is 66.2 Å². The van der Waals surface area contributed by atoms with E-state index in [2.05, 4.69) is 8.83 Å². The van der Waals surface area contributed by atoms with Crippen LogP contribution in [0.2, 0.25) is 0 Å². The summed E-state index contributed by atoms with van der Waals surface area (Å²) in [6, 6.07) is 14.6. The molecule has 0 heterocycles. The van der Waals surface area contributed by atoms with Gasteiger partial charge in [-0.3, -0.25) is 9.32 Å². The van der Waals surface area contributed by atoms with Crippen LogP contribution < -0.4 is 0 Å². The summed E-state index contributed by atoms with van der Waals surface area (Å²) >= 11 is 0. The van der Waals surface area contributed by atoms with Crippen LogP contribution in [0, 0.1) is 0 Å². The number of rotatable bonds is 10. The molecule has 1 unspecified atom stereocenters. The number of phosphoric acid groups is 2. The molecule has 0 radical (unpaired) electrons. The van der Waals surface area contributed by atoms with Crippen LogP contribution in [0.4, 0.5) is 0 Å². The Labute approximate surface area is 177 Å². The summed E-state index contributed by atoms with van der Waals surface area (Å²) in [4.78, 5) is 51.0. The lowest BCUT2D eigenvalue weighted by Gasteiger charge is -2.11. The van der Waals surface area contributed by atoms with Crippen molar-refractivity contribution in [3.8, 4) is 0 Å². The van der Waals surface area contributed by atoms with E-state index in [-0.39, 0.29) is 18.0 Å². The lowest BCUT2D eigenvalue weighted by Crippen LogP contribution is -2.09. The second-order valence-corrected chi connectivity index (χ2v) is 9.07. The van der Waals surface area contributed by atoms with Crippen LogP contribution in [0.25, 0.3) is 0 Å². The first kappa shape index (κ1) is 24.8. The highest BCUT2D eigenvalue weighted by Crippen LogP contribution is 2.57. The van der Waals surface area contributed by atoms with Crippen LogP contribution in [0.3, 0.4) is 0 Å². The average Bonchev–Trinajstić information content (AvgIpc) is 2.70. The monoisotopic (exact) mass is 470 g/mol. The maximum atomic E-state index is 12.5. The highest BCUT2D eigenvalue weighted by Gasteiger charge is 2.31. The molecule has 0 saturated heterocycles. The van der Waals surface area contributed by atoms with Crippen molar-refractivity contribution in [3.63, 3.8) is 0 Å². The van der Waals surface area contributed by atoms with Gasteiger partial charge in [0.15, 0.2) is 5.78 Å². The highest BCUT2D eigenvalue weighted by atomic mass is 31.3. The van der Waals surface area contributed by atoms with Gasteiger partial charge in [0.25, 0.3) is 0 Å². The third-order valence-electron chi connectivity index (χ3n) is 3.71. The first-order valence-corrected chi connectivity index (χ1v) is 11.8. The molecule has 166 valence electrons. The minimum absolute atomic E-state index is 0.167. The van der Waals surface area contributed by atoms with Crippen LogP contribution in [-0.4, -0.2) is 39.6 Å². The van der Waals surface area contributed by atoms with Gasteiger partial charge in [-0.15, -0.1) is 0 Å². The van der Waals surface area contributed by atoms with Crippen LogP contribution in [-0.2, 0) is 22.7 Å². The molecule has 0 fully saturated rings. The van der Waals surface area contributed by atoms with Crippen molar-refractivity contribution in [1.82, 2.24) is 0 Å². The molecule has 31 heavy (non-hydrogen) atoms. The second-order valence-electron chi connectivity index (χ2n) is 6.24. The maximum Gasteiger partial charge on any atom is 0.481 e. The Morgan fingerprint density at radius 2 is 1.55 bits per heavy atom. The summed E-state index contributed by atoms with van der Waals surface area (Å²) in [5.41, 5.74) is 1.41. The van der Waals surface area contributed by atoms with E-state index in [1.165, 1.54) is 25.1 Å². The third-order valence-corrected chi connectivity index (χ3v) is 5.86. The lowest BCUT2D eigenvalue weighted by molar-refractivity contribution is 0.0538. The predicted molar refractivity (Wildman–Crippen MR) is 109 cm³/mol. The van der Waals surface area contributed by atoms with Gasteiger partial charge in [0, 0.05) is 11.1 Å². The molecule has 2 aromatic rings. The summed E-state index contributed by atoms with van der Waals surface area (Å²) in [7, 11) is -10.1. The number of carbonyl (C=O) groups is 2. The predicted octanol–water partition coefficient (Wildman–Crippen LogP) is 3.25. The zero-order chi connectivity index (χ0) is 23.1. The van der Waals surface area contributed by atoms with Crippen LogP contribution >= 0.6 is 15.6 Å². The molecular formula is C19H20O10P2. The minimum atomic E-state index is -5.19. The zero-order valence-corrected chi connectivity index (χ0v) is 18.1. The number of hydrogen-bond acceptors (Lipinski definition) is 7. The lowest BCUT2D eigenvalue weighted by atomic mass is 10.0. The molecule has 10 nitrogen and oxygen atoms in total. The molecule has 0 aliphatic carbocycles. The molecule has 2 rings (SSSR count). The molecule has 12 heteroatoms. The smallest absolute Gasteiger partial charge is 0.458 e. The van der Waals surface area contributed by atoms with Gasteiger partial charge in [-0.05, 0) is 24.6 Å². The van der Waals surface area contributed by atoms with Crippen molar-refractivity contribution < 1.29 is 47.0 Å². The Balaban J connectivity index is 1.92. The normalized spacial score (nSPS) is 14.0. The largest absolute Gasteiger partial charge is 0.481 e. The van der Waals surface area contributed by atoms with Crippen molar-refractivity contribution in [2.45, 2.75) is 6.92 Å². The van der Waals surface area contributed by atoms with E-state index >= 15 is 0 Å². The molecule has 0 aliphatic heterocycles. The third kappa shape index (κ3) is 8.69. The van der Waals surface area contributed by atoms with E-state index in [1.54, 1.807) is 42.5 Å². The van der Waals surface area contributed by atoms with Gasteiger partial charge in [-0.1, -0.05) is 48.5 Å². The summed E-state index contributed by atoms with van der Waals surface area (Å²) in [6.45, 7) is 0.838. The molecule has 0 aliphatic rings. The molecule has 0 amide bonds. The zero-order valence-electron chi connectivity index (χ0n) is 16.3. The molecule has 0 spiro atoms. The number of hydrogen-bond donors (Lipinski definition) is 3. The standard InChI is InChI=1S/C19H20O10P2/c1-14(10-11-28-31(25,26)29-30(22,23)24)13-27-19(21)17-9-5-8-16(12-17)18(20)15-6-3-2-4-7-15/h2-10,12H,11,13H2,1H3,(H,25,26)(H2,22,23,24)/b14-10+. The van der Waals surface area contributed by atoms with Crippen molar-refractivity contribution in [3.05, 3.63) is 82.9 Å². The van der Waals surface area contributed by atoms with E-state index in [0.717, 1.165) is 0 Å². The summed E-state index contributed by atoms with van der Waals surface area (Å²) in [5.74, 6) is -0.927. The summed E-state index contributed by atoms with van der Waals surface area (Å²) in [6.07, 6.45) is 1.27. The molecular weight excluding hydrogens is 450 g/mol. The Kier molecular flexibility index (Phi) is 8.61. The number of ketones is 1. The van der Waals surface area contributed by atoms with Gasteiger partial charge < -0.3 is 19.4 Å². The Hall–Kier alpha value is -2.42. The van der Waals surface area contributed by atoms with Crippen molar-refractivity contribution in [2.24, 2.45) is 0 Å². The molecule has 0 aromatic heterocycles. The molecule has 0 saturated carbocycles. The van der Waals surface area contributed by atoms with Gasteiger partial charge in [0.05, 0.1) is 12.2 Å². The van der Waals surface area contributed by atoms with Crippen LogP contribution in [0.1, 0.15) is 33.2 Å². The fourth-order valence-electron chi connectivity index (χ4n) is 2.30. The molecule has 3 N–H and O–H groups in total. The molecule has 1 atom stereocenters. The fourth-order valence-corrected chi connectivity index (χ4v) is 3.82. The van der Waals surface area contributed by atoms with Gasteiger partial charge in [0.2, 0.25) is 0 Å². The Morgan fingerprint density at radius 3 is 2.19 bits per heavy atom. The SMILES string of the molecule is C/C(=C\COP(=O)(O)OP(=O)(O)O)COC(=O)c1cccc(C(=O)c2ccccc2)c1. The number of phosphoric ester groups is 1. The van der Waals surface area contributed by atoms with Crippen molar-refractivity contribution in [2.75, 3.05) is 13.2 Å². The van der Waals surface area contributed by atoms with Gasteiger partial charge in [-0.25, -0.2) is 13.9 Å². The van der Waals surface area contributed by atoms with Crippen molar-refractivity contribution >= 4 is 27.4 Å². The molecule has 0 bridgehead atoms. The number of ether oxygens (including phenoxy) is 1. The number of carbonyl (C=O) groups excluding carboxylic acids is 2. The van der Waals surface area contributed by atoms with Gasteiger partial charge >= 0.3 is 21.6 Å². The second kappa shape index (κ2) is 10.7. The molecule has 2 aromatic carbocycles. The fraction of sp³-hybridized carbons (Fsp3) is 0.158. The quantitative estimate of drug-likeness (QED) is 0.204. The Morgan fingerprint density at radius 1 is 0.935 bits per heavy atom. The van der Waals surface area contributed by atoms with E-state index < -0.39 is 28.2 Å². The summed E-state index contributed by atoms with van der Waals surface area (Å²) in [5, 5.41) is 0. The Bertz CT molecular complexity index is 1060. The first-order valence-electron chi connectivity index (χ1n) is 8.74. The maximum absolute atomic E-state index is 12.5. The minimum Gasteiger partial charge on any atom is -0.458 e. The highest BCUT2D eigenvalue weighted by molar-refractivity contribution is 7.60. The van der Waals surface area contributed by atoms with Gasteiger partial charge in [0.1, 0.15) is 6.61 Å². The van der Waals surface area contributed by atoms with E-state index in [9.17, 15) is 18.7 Å². The topological polar surface area (TPSA) is 157 Å². The van der Waals surface area contributed by atoms with Crippen LogP contribution in [0.5, 0.6) is 0 Å².